The van der Waals surface area contributed by atoms with Crippen LogP contribution in [0.3, 0.4) is 0 Å². The lowest BCUT2D eigenvalue weighted by Gasteiger charge is -2.00. The molecule has 7 nitrogen and oxygen atoms in total. The van der Waals surface area contributed by atoms with E-state index in [0.29, 0.717) is 5.69 Å². The highest BCUT2D eigenvalue weighted by Gasteiger charge is 2.23. The fourth-order valence-electron chi connectivity index (χ4n) is 2.41. The van der Waals surface area contributed by atoms with Crippen LogP contribution in [0, 0.1) is 0 Å². The van der Waals surface area contributed by atoms with Crippen LogP contribution in [0.15, 0.2) is 4.52 Å². The molecule has 1 amide bonds. The maximum absolute atomic E-state index is 12.2. The Hall–Kier alpha value is -2.18. The van der Waals surface area contributed by atoms with Gasteiger partial charge in [-0.1, -0.05) is 18.5 Å². The summed E-state index contributed by atoms with van der Waals surface area (Å²) in [6.07, 6.45) is 5.75. The third kappa shape index (κ3) is 2.43. The maximum atomic E-state index is 12.2. The molecule has 0 saturated heterocycles. The number of rotatable bonds is 3. The molecule has 0 aliphatic heterocycles. The number of fused-ring (bicyclic) bond motifs is 1. The Morgan fingerprint density at radius 2 is 2.20 bits per heavy atom. The van der Waals surface area contributed by atoms with Gasteiger partial charge in [-0.3, -0.25) is 15.2 Å². The van der Waals surface area contributed by atoms with Crippen LogP contribution in [0.5, 0.6) is 0 Å². The van der Waals surface area contributed by atoms with Gasteiger partial charge < -0.3 is 4.52 Å². The number of aromatic amines is 1. The average Bonchev–Trinajstić information content (AvgIpc) is 3.00. The van der Waals surface area contributed by atoms with E-state index in [-0.39, 0.29) is 11.9 Å². The van der Waals surface area contributed by atoms with Crippen molar-refractivity contribution in [3.8, 4) is 0 Å². The quantitative estimate of drug-likeness (QED) is 0.833. The molecule has 0 atom stereocenters. The zero-order chi connectivity index (χ0) is 13.9. The minimum absolute atomic E-state index is 0.275. The Morgan fingerprint density at radius 1 is 1.35 bits per heavy atom. The number of carbonyl (C=O) groups excluding carboxylic acids is 1. The van der Waals surface area contributed by atoms with Gasteiger partial charge in [0.25, 0.3) is 5.91 Å². The number of nitrogens with one attached hydrogen (secondary N) is 2. The highest BCUT2D eigenvalue weighted by molar-refractivity contribution is 6.02. The van der Waals surface area contributed by atoms with E-state index in [1.165, 1.54) is 0 Å². The molecular weight excluding hydrogens is 258 g/mol. The van der Waals surface area contributed by atoms with Gasteiger partial charge in [0.15, 0.2) is 5.69 Å². The monoisotopic (exact) mass is 275 g/mol. The van der Waals surface area contributed by atoms with Crippen molar-refractivity contribution in [3.05, 3.63) is 22.8 Å². The molecular formula is C13H17N5O2. The number of aromatic nitrogens is 4. The fourth-order valence-corrected chi connectivity index (χ4v) is 2.41. The van der Waals surface area contributed by atoms with Gasteiger partial charge in [0.2, 0.25) is 5.95 Å². The molecule has 2 heterocycles. The van der Waals surface area contributed by atoms with Crippen molar-refractivity contribution in [2.75, 3.05) is 5.32 Å². The molecule has 3 rings (SSSR count). The van der Waals surface area contributed by atoms with Gasteiger partial charge in [-0.25, -0.2) is 0 Å². The smallest absolute Gasteiger partial charge is 0.280 e. The molecule has 0 radical (unpaired) electrons. The molecule has 0 spiro atoms. The lowest BCUT2D eigenvalue weighted by atomic mass is 10.1. The van der Waals surface area contributed by atoms with E-state index in [1.54, 1.807) is 0 Å². The van der Waals surface area contributed by atoms with Crippen molar-refractivity contribution in [3.63, 3.8) is 0 Å². The van der Waals surface area contributed by atoms with Gasteiger partial charge in [-0.2, -0.15) is 4.98 Å². The number of anilines is 1. The second kappa shape index (κ2) is 5.44. The molecule has 2 aromatic rings. The number of nitrogens with zero attached hydrogens (tertiary/aromatic N) is 3. The maximum Gasteiger partial charge on any atom is 0.280 e. The number of carbonyl (C=O) groups is 1. The first kappa shape index (κ1) is 12.8. The summed E-state index contributed by atoms with van der Waals surface area (Å²) in [6.45, 7) is 1.96. The first-order chi connectivity index (χ1) is 9.78. The van der Waals surface area contributed by atoms with Crippen LogP contribution < -0.4 is 5.32 Å². The molecule has 2 aromatic heterocycles. The third-order valence-corrected chi connectivity index (χ3v) is 3.51. The summed E-state index contributed by atoms with van der Waals surface area (Å²) in [5.74, 6) is 1.55. The van der Waals surface area contributed by atoms with Crippen molar-refractivity contribution in [1.82, 2.24) is 20.3 Å². The lowest BCUT2D eigenvalue weighted by Crippen LogP contribution is -2.15. The SMILES string of the molecule is CCc1nc(NC(=O)c2noc3c2CCCCC3)n[nH]1. The summed E-state index contributed by atoms with van der Waals surface area (Å²) >= 11 is 0. The van der Waals surface area contributed by atoms with Crippen LogP contribution in [-0.2, 0) is 19.3 Å². The summed E-state index contributed by atoms with van der Waals surface area (Å²) in [4.78, 5) is 16.4. The predicted molar refractivity (Wildman–Crippen MR) is 71.5 cm³/mol. The molecule has 0 bridgehead atoms. The molecule has 20 heavy (non-hydrogen) atoms. The Bertz CT molecular complexity index is 616. The van der Waals surface area contributed by atoms with E-state index in [9.17, 15) is 4.79 Å². The Morgan fingerprint density at radius 3 is 3.00 bits per heavy atom. The summed E-state index contributed by atoms with van der Waals surface area (Å²) in [5, 5.41) is 13.3. The molecule has 2 N–H and O–H groups in total. The Labute approximate surface area is 116 Å². The molecule has 0 aromatic carbocycles. The van der Waals surface area contributed by atoms with Crippen molar-refractivity contribution in [2.45, 2.75) is 45.4 Å². The van der Waals surface area contributed by atoms with Crippen molar-refractivity contribution in [1.29, 1.82) is 0 Å². The van der Waals surface area contributed by atoms with Crippen LogP contribution in [0.4, 0.5) is 5.95 Å². The van der Waals surface area contributed by atoms with Crippen LogP contribution in [0.1, 0.15) is 53.8 Å². The zero-order valence-corrected chi connectivity index (χ0v) is 11.4. The van der Waals surface area contributed by atoms with Crippen LogP contribution in [-0.4, -0.2) is 26.2 Å². The highest BCUT2D eigenvalue weighted by atomic mass is 16.5. The van der Waals surface area contributed by atoms with Crippen LogP contribution in [0.25, 0.3) is 0 Å². The van der Waals surface area contributed by atoms with Gasteiger partial charge >= 0.3 is 0 Å². The van der Waals surface area contributed by atoms with Crippen molar-refractivity contribution >= 4 is 11.9 Å². The van der Waals surface area contributed by atoms with Gasteiger partial charge in [0.1, 0.15) is 11.6 Å². The first-order valence-corrected chi connectivity index (χ1v) is 6.98. The summed E-state index contributed by atoms with van der Waals surface area (Å²) < 4.78 is 5.29. The van der Waals surface area contributed by atoms with E-state index in [1.807, 2.05) is 6.92 Å². The topological polar surface area (TPSA) is 96.7 Å². The number of H-pyrrole nitrogens is 1. The van der Waals surface area contributed by atoms with E-state index in [0.717, 1.165) is 55.7 Å². The van der Waals surface area contributed by atoms with E-state index in [2.05, 4.69) is 25.7 Å². The summed E-state index contributed by atoms with van der Waals surface area (Å²) in [5.41, 5.74) is 1.30. The summed E-state index contributed by atoms with van der Waals surface area (Å²) in [7, 11) is 0. The lowest BCUT2D eigenvalue weighted by molar-refractivity contribution is 0.101. The summed E-state index contributed by atoms with van der Waals surface area (Å²) in [6, 6.07) is 0. The second-order valence-corrected chi connectivity index (χ2v) is 4.91. The van der Waals surface area contributed by atoms with Crippen molar-refractivity contribution in [2.24, 2.45) is 0 Å². The highest BCUT2D eigenvalue weighted by Crippen LogP contribution is 2.23. The zero-order valence-electron chi connectivity index (χ0n) is 11.4. The number of amides is 1. The van der Waals surface area contributed by atoms with Crippen LogP contribution in [0.2, 0.25) is 0 Å². The minimum Gasteiger partial charge on any atom is -0.360 e. The number of aryl methyl sites for hydroxylation is 2. The normalized spacial score (nSPS) is 14.7. The Balaban J connectivity index is 1.78. The molecule has 106 valence electrons. The second-order valence-electron chi connectivity index (χ2n) is 4.91. The van der Waals surface area contributed by atoms with Gasteiger partial charge in [0.05, 0.1) is 0 Å². The van der Waals surface area contributed by atoms with Gasteiger partial charge in [-0.05, 0) is 19.3 Å². The largest absolute Gasteiger partial charge is 0.360 e. The molecule has 0 unspecified atom stereocenters. The third-order valence-electron chi connectivity index (χ3n) is 3.51. The minimum atomic E-state index is -0.307. The first-order valence-electron chi connectivity index (χ1n) is 6.98. The molecule has 0 saturated carbocycles. The average molecular weight is 275 g/mol. The molecule has 1 aliphatic rings. The number of hydrogen-bond donors (Lipinski definition) is 2. The van der Waals surface area contributed by atoms with E-state index >= 15 is 0 Å². The molecule has 1 aliphatic carbocycles. The van der Waals surface area contributed by atoms with Gasteiger partial charge in [0, 0.05) is 18.4 Å². The molecule has 7 heteroatoms. The molecule has 0 fully saturated rings. The Kier molecular flexibility index (Phi) is 3.49. The van der Waals surface area contributed by atoms with E-state index in [4.69, 9.17) is 4.52 Å². The number of hydrogen-bond acceptors (Lipinski definition) is 5. The van der Waals surface area contributed by atoms with Gasteiger partial charge in [-0.15, -0.1) is 5.10 Å². The van der Waals surface area contributed by atoms with Crippen molar-refractivity contribution < 1.29 is 9.32 Å². The van der Waals surface area contributed by atoms with E-state index < -0.39 is 0 Å². The fraction of sp³-hybridized carbons (Fsp3) is 0.538. The van der Waals surface area contributed by atoms with Crippen LogP contribution >= 0.6 is 0 Å². The standard InChI is InChI=1S/C13H17N5O2/c1-2-10-14-13(17-16-10)15-12(19)11-8-6-4-3-5-7-9(8)20-18-11/h2-7H2,1H3,(H2,14,15,16,17,19). The predicted octanol–water partition coefficient (Wildman–Crippen LogP) is 1.88.